The first-order valence-electron chi connectivity index (χ1n) is 6.77. The summed E-state index contributed by atoms with van der Waals surface area (Å²) in [6.07, 6.45) is 0.457. The number of hydrogen-bond acceptors (Lipinski definition) is 2. The van der Waals surface area contributed by atoms with Gasteiger partial charge in [0.25, 0.3) is 0 Å². The number of aryl methyl sites for hydroxylation is 1. The van der Waals surface area contributed by atoms with Gasteiger partial charge in [-0.05, 0) is 42.2 Å². The Labute approximate surface area is 119 Å². The maximum absolute atomic E-state index is 12.1. The summed E-state index contributed by atoms with van der Waals surface area (Å²) in [6.45, 7) is 4.03. The lowest BCUT2D eigenvalue weighted by Gasteiger charge is -2.13. The second-order valence-electron chi connectivity index (χ2n) is 5.13. The van der Waals surface area contributed by atoms with E-state index >= 15 is 0 Å². The van der Waals surface area contributed by atoms with E-state index in [-0.39, 0.29) is 11.8 Å². The monoisotopic (exact) mass is 268 g/mol. The molecule has 0 bridgehead atoms. The quantitative estimate of drug-likeness (QED) is 0.830. The van der Waals surface area contributed by atoms with E-state index in [9.17, 15) is 4.79 Å². The Balaban J connectivity index is 1.98. The Bertz CT molecular complexity index is 590. The van der Waals surface area contributed by atoms with Crippen molar-refractivity contribution in [3.05, 3.63) is 59.7 Å². The fourth-order valence-electron chi connectivity index (χ4n) is 2.13. The topological polar surface area (TPSA) is 55.1 Å². The Morgan fingerprint density at radius 2 is 1.80 bits per heavy atom. The van der Waals surface area contributed by atoms with Crippen LogP contribution in [0.4, 0.5) is 11.4 Å². The molecular weight excluding hydrogens is 248 g/mol. The molecule has 0 fully saturated rings. The third kappa shape index (κ3) is 3.60. The van der Waals surface area contributed by atoms with Crippen molar-refractivity contribution in [2.45, 2.75) is 26.2 Å². The van der Waals surface area contributed by atoms with Gasteiger partial charge in [0.1, 0.15) is 0 Å². The molecule has 0 saturated carbocycles. The SMILES string of the molecule is Cc1ccccc1NC(=O)CC(C)c1ccc(N)cc1. The average molecular weight is 268 g/mol. The number of para-hydroxylation sites is 1. The highest BCUT2D eigenvalue weighted by Crippen LogP contribution is 2.21. The second kappa shape index (κ2) is 6.24. The zero-order chi connectivity index (χ0) is 14.5. The van der Waals surface area contributed by atoms with Crippen LogP contribution in [0, 0.1) is 6.92 Å². The molecule has 0 aliphatic rings. The van der Waals surface area contributed by atoms with Crippen LogP contribution >= 0.6 is 0 Å². The van der Waals surface area contributed by atoms with Gasteiger partial charge in [0, 0.05) is 17.8 Å². The van der Waals surface area contributed by atoms with Crippen LogP contribution in [0.2, 0.25) is 0 Å². The van der Waals surface area contributed by atoms with Crippen LogP contribution in [0.5, 0.6) is 0 Å². The fraction of sp³-hybridized carbons (Fsp3) is 0.235. The van der Waals surface area contributed by atoms with Gasteiger partial charge in [0.05, 0.1) is 0 Å². The van der Waals surface area contributed by atoms with Gasteiger partial charge >= 0.3 is 0 Å². The number of amides is 1. The number of anilines is 2. The van der Waals surface area contributed by atoms with E-state index in [2.05, 4.69) is 5.32 Å². The number of benzene rings is 2. The molecule has 0 heterocycles. The highest BCUT2D eigenvalue weighted by Gasteiger charge is 2.12. The van der Waals surface area contributed by atoms with E-state index in [1.165, 1.54) is 0 Å². The molecule has 0 saturated heterocycles. The number of rotatable bonds is 4. The predicted molar refractivity (Wildman–Crippen MR) is 83.7 cm³/mol. The summed E-state index contributed by atoms with van der Waals surface area (Å²) >= 11 is 0. The van der Waals surface area contributed by atoms with Gasteiger partial charge < -0.3 is 11.1 Å². The highest BCUT2D eigenvalue weighted by atomic mass is 16.1. The molecule has 0 radical (unpaired) electrons. The van der Waals surface area contributed by atoms with Crippen molar-refractivity contribution < 1.29 is 4.79 Å². The summed E-state index contributed by atoms with van der Waals surface area (Å²) in [5.41, 5.74) is 9.48. The molecule has 3 nitrogen and oxygen atoms in total. The van der Waals surface area contributed by atoms with Gasteiger partial charge in [0.15, 0.2) is 0 Å². The lowest BCUT2D eigenvalue weighted by molar-refractivity contribution is -0.116. The molecule has 104 valence electrons. The maximum atomic E-state index is 12.1. The standard InChI is InChI=1S/C17H20N2O/c1-12-5-3-4-6-16(12)19-17(20)11-13(2)14-7-9-15(18)10-8-14/h3-10,13H,11,18H2,1-2H3,(H,19,20). The van der Waals surface area contributed by atoms with Crippen molar-refractivity contribution in [2.75, 3.05) is 11.1 Å². The Morgan fingerprint density at radius 1 is 1.15 bits per heavy atom. The van der Waals surface area contributed by atoms with Gasteiger partial charge in [-0.2, -0.15) is 0 Å². The normalized spacial score (nSPS) is 11.9. The largest absolute Gasteiger partial charge is 0.399 e. The van der Waals surface area contributed by atoms with E-state index in [0.29, 0.717) is 6.42 Å². The molecular formula is C17H20N2O. The smallest absolute Gasteiger partial charge is 0.224 e. The lowest BCUT2D eigenvalue weighted by Crippen LogP contribution is -2.15. The number of hydrogen-bond donors (Lipinski definition) is 2. The first-order chi connectivity index (χ1) is 9.56. The Hall–Kier alpha value is -2.29. The van der Waals surface area contributed by atoms with E-state index in [1.807, 2.05) is 62.4 Å². The van der Waals surface area contributed by atoms with Gasteiger partial charge in [-0.3, -0.25) is 4.79 Å². The zero-order valence-electron chi connectivity index (χ0n) is 11.9. The minimum absolute atomic E-state index is 0.0311. The van der Waals surface area contributed by atoms with Crippen molar-refractivity contribution >= 4 is 17.3 Å². The first kappa shape index (κ1) is 14.1. The third-order valence-corrected chi connectivity index (χ3v) is 3.42. The minimum atomic E-state index is 0.0311. The number of carbonyl (C=O) groups is 1. The van der Waals surface area contributed by atoms with Crippen molar-refractivity contribution in [2.24, 2.45) is 0 Å². The van der Waals surface area contributed by atoms with Crippen LogP contribution < -0.4 is 11.1 Å². The number of nitrogens with two attached hydrogens (primary N) is 1. The molecule has 2 aromatic carbocycles. The molecule has 3 N–H and O–H groups in total. The molecule has 0 aliphatic heterocycles. The molecule has 1 amide bonds. The van der Waals surface area contributed by atoms with Gasteiger partial charge in [0.2, 0.25) is 5.91 Å². The van der Waals surface area contributed by atoms with E-state index in [1.54, 1.807) is 0 Å². The third-order valence-electron chi connectivity index (χ3n) is 3.42. The summed E-state index contributed by atoms with van der Waals surface area (Å²) in [6, 6.07) is 15.5. The Kier molecular flexibility index (Phi) is 4.41. The fourth-order valence-corrected chi connectivity index (χ4v) is 2.13. The molecule has 20 heavy (non-hydrogen) atoms. The number of nitrogens with one attached hydrogen (secondary N) is 1. The maximum Gasteiger partial charge on any atom is 0.224 e. The van der Waals surface area contributed by atoms with Crippen molar-refractivity contribution in [3.63, 3.8) is 0 Å². The molecule has 2 aromatic rings. The van der Waals surface area contributed by atoms with Gasteiger partial charge in [-0.25, -0.2) is 0 Å². The molecule has 0 aliphatic carbocycles. The molecule has 1 atom stereocenters. The minimum Gasteiger partial charge on any atom is -0.399 e. The molecule has 0 aromatic heterocycles. The van der Waals surface area contributed by atoms with Crippen LogP contribution in [0.3, 0.4) is 0 Å². The van der Waals surface area contributed by atoms with E-state index in [4.69, 9.17) is 5.73 Å². The molecule has 3 heteroatoms. The van der Waals surface area contributed by atoms with Gasteiger partial charge in [-0.1, -0.05) is 37.3 Å². The van der Waals surface area contributed by atoms with Crippen LogP contribution in [-0.4, -0.2) is 5.91 Å². The van der Waals surface area contributed by atoms with E-state index in [0.717, 1.165) is 22.5 Å². The zero-order valence-corrected chi connectivity index (χ0v) is 11.9. The van der Waals surface area contributed by atoms with E-state index < -0.39 is 0 Å². The van der Waals surface area contributed by atoms with Crippen molar-refractivity contribution in [1.82, 2.24) is 0 Å². The summed E-state index contributed by atoms with van der Waals surface area (Å²) in [7, 11) is 0. The van der Waals surface area contributed by atoms with Crippen LogP contribution in [0.1, 0.15) is 30.4 Å². The summed E-state index contributed by atoms with van der Waals surface area (Å²) in [4.78, 5) is 12.1. The van der Waals surface area contributed by atoms with Crippen LogP contribution in [0.25, 0.3) is 0 Å². The first-order valence-corrected chi connectivity index (χ1v) is 6.77. The molecule has 2 rings (SSSR count). The summed E-state index contributed by atoms with van der Waals surface area (Å²) in [5, 5.41) is 2.96. The molecule has 1 unspecified atom stereocenters. The predicted octanol–water partition coefficient (Wildman–Crippen LogP) is 3.71. The van der Waals surface area contributed by atoms with Crippen molar-refractivity contribution in [3.8, 4) is 0 Å². The lowest BCUT2D eigenvalue weighted by atomic mass is 9.97. The summed E-state index contributed by atoms with van der Waals surface area (Å²) in [5.74, 6) is 0.197. The number of nitrogen functional groups attached to an aromatic ring is 1. The van der Waals surface area contributed by atoms with Crippen molar-refractivity contribution in [1.29, 1.82) is 0 Å². The van der Waals surface area contributed by atoms with Crippen LogP contribution in [0.15, 0.2) is 48.5 Å². The van der Waals surface area contributed by atoms with Crippen LogP contribution in [-0.2, 0) is 4.79 Å². The van der Waals surface area contributed by atoms with Gasteiger partial charge in [-0.15, -0.1) is 0 Å². The molecule has 0 spiro atoms. The second-order valence-corrected chi connectivity index (χ2v) is 5.13. The summed E-state index contributed by atoms with van der Waals surface area (Å²) < 4.78 is 0. The number of carbonyl (C=O) groups excluding carboxylic acids is 1. The Morgan fingerprint density at radius 3 is 2.45 bits per heavy atom. The average Bonchev–Trinajstić information content (AvgIpc) is 2.42. The highest BCUT2D eigenvalue weighted by molar-refractivity contribution is 5.91.